The van der Waals surface area contributed by atoms with Crippen LogP contribution < -0.4 is 5.32 Å². The molecule has 1 saturated carbocycles. The second-order valence-electron chi connectivity index (χ2n) is 6.76. The number of pyridine rings is 1. The number of hydrogen-bond acceptors (Lipinski definition) is 5. The lowest BCUT2D eigenvalue weighted by molar-refractivity contribution is -0.0757. The maximum Gasteiger partial charge on any atom is 0.286 e. The summed E-state index contributed by atoms with van der Waals surface area (Å²) in [5.41, 5.74) is 1.23. The van der Waals surface area contributed by atoms with Crippen molar-refractivity contribution in [1.82, 2.24) is 15.2 Å². The third kappa shape index (κ3) is 3.60. The first-order chi connectivity index (χ1) is 12.3. The lowest BCUT2D eigenvalue weighted by Gasteiger charge is -2.39. The Hall–Kier alpha value is -2.18. The SMILES string of the molecule is O=C(NC[C@@H]1CC[C@@H]2[C@@H]1OCCN2Cc1cccnc1)c1ccco1. The van der Waals surface area contributed by atoms with Crippen LogP contribution in [-0.2, 0) is 11.3 Å². The first-order valence-electron chi connectivity index (χ1n) is 8.87. The van der Waals surface area contributed by atoms with Gasteiger partial charge in [-0.2, -0.15) is 0 Å². The van der Waals surface area contributed by atoms with Crippen LogP contribution in [0.25, 0.3) is 0 Å². The van der Waals surface area contributed by atoms with Gasteiger partial charge in [0.15, 0.2) is 5.76 Å². The summed E-state index contributed by atoms with van der Waals surface area (Å²) in [4.78, 5) is 18.8. The summed E-state index contributed by atoms with van der Waals surface area (Å²) in [5, 5.41) is 2.98. The van der Waals surface area contributed by atoms with Crippen molar-refractivity contribution in [3.63, 3.8) is 0 Å². The maximum atomic E-state index is 12.1. The normalized spacial score (nSPS) is 26.3. The molecule has 2 fully saturated rings. The van der Waals surface area contributed by atoms with Crippen LogP contribution in [0.3, 0.4) is 0 Å². The fourth-order valence-corrected chi connectivity index (χ4v) is 4.00. The molecule has 3 atom stereocenters. The second-order valence-corrected chi connectivity index (χ2v) is 6.76. The highest BCUT2D eigenvalue weighted by Crippen LogP contribution is 2.35. The number of ether oxygens (including phenoxy) is 1. The number of aromatic nitrogens is 1. The summed E-state index contributed by atoms with van der Waals surface area (Å²) in [5.74, 6) is 0.550. The highest BCUT2D eigenvalue weighted by atomic mass is 16.5. The van der Waals surface area contributed by atoms with Crippen LogP contribution in [0.5, 0.6) is 0 Å². The number of rotatable bonds is 5. The molecule has 6 nitrogen and oxygen atoms in total. The highest BCUT2D eigenvalue weighted by molar-refractivity contribution is 5.91. The molecular formula is C19H23N3O3. The Morgan fingerprint density at radius 2 is 2.28 bits per heavy atom. The van der Waals surface area contributed by atoms with E-state index in [2.05, 4.69) is 21.3 Å². The molecule has 1 amide bonds. The van der Waals surface area contributed by atoms with Crippen LogP contribution in [0.15, 0.2) is 47.3 Å². The lowest BCUT2D eigenvalue weighted by Crippen LogP contribution is -2.50. The van der Waals surface area contributed by atoms with Crippen molar-refractivity contribution in [3.05, 3.63) is 54.2 Å². The molecule has 1 aliphatic carbocycles. The van der Waals surface area contributed by atoms with Crippen LogP contribution >= 0.6 is 0 Å². The molecule has 6 heteroatoms. The van der Waals surface area contributed by atoms with E-state index in [-0.39, 0.29) is 12.0 Å². The molecule has 4 rings (SSSR count). The zero-order chi connectivity index (χ0) is 17.1. The lowest BCUT2D eigenvalue weighted by atomic mass is 10.0. The first-order valence-corrected chi connectivity index (χ1v) is 8.87. The van der Waals surface area contributed by atoms with E-state index in [1.54, 1.807) is 18.3 Å². The number of carbonyl (C=O) groups excluding carboxylic acids is 1. The third-order valence-electron chi connectivity index (χ3n) is 5.21. The Bertz CT molecular complexity index is 689. The van der Waals surface area contributed by atoms with Crippen LogP contribution in [0.1, 0.15) is 29.0 Å². The number of hydrogen-bond donors (Lipinski definition) is 1. The molecular weight excluding hydrogens is 318 g/mol. The summed E-state index contributed by atoms with van der Waals surface area (Å²) in [6.45, 7) is 3.22. The first kappa shape index (κ1) is 16.3. The van der Waals surface area contributed by atoms with Crippen LogP contribution in [-0.4, -0.2) is 47.6 Å². The largest absolute Gasteiger partial charge is 0.459 e. The van der Waals surface area contributed by atoms with E-state index in [9.17, 15) is 4.79 Å². The summed E-state index contributed by atoms with van der Waals surface area (Å²) in [6.07, 6.45) is 7.60. The van der Waals surface area contributed by atoms with Gasteiger partial charge in [0.25, 0.3) is 5.91 Å². The number of fused-ring (bicyclic) bond motifs is 1. The second kappa shape index (κ2) is 7.37. The van der Waals surface area contributed by atoms with Crippen molar-refractivity contribution < 1.29 is 13.9 Å². The Labute approximate surface area is 147 Å². The number of amides is 1. The number of nitrogens with zero attached hydrogens (tertiary/aromatic N) is 2. The molecule has 1 N–H and O–H groups in total. The minimum absolute atomic E-state index is 0.156. The molecule has 0 spiro atoms. The molecule has 1 saturated heterocycles. The number of nitrogens with one attached hydrogen (secondary N) is 1. The highest BCUT2D eigenvalue weighted by Gasteiger charge is 2.42. The Morgan fingerprint density at radius 3 is 3.08 bits per heavy atom. The predicted molar refractivity (Wildman–Crippen MR) is 91.9 cm³/mol. The zero-order valence-corrected chi connectivity index (χ0v) is 14.1. The van der Waals surface area contributed by atoms with Crippen LogP contribution in [0, 0.1) is 5.92 Å². The predicted octanol–water partition coefficient (Wildman–Crippen LogP) is 2.08. The van der Waals surface area contributed by atoms with Crippen molar-refractivity contribution in [2.75, 3.05) is 19.7 Å². The van der Waals surface area contributed by atoms with Gasteiger partial charge in [0.1, 0.15) is 0 Å². The molecule has 132 valence electrons. The molecule has 0 bridgehead atoms. The smallest absolute Gasteiger partial charge is 0.286 e. The molecule has 2 aromatic heterocycles. The monoisotopic (exact) mass is 341 g/mol. The van der Waals surface area contributed by atoms with Crippen molar-refractivity contribution in [2.24, 2.45) is 5.92 Å². The molecule has 0 radical (unpaired) electrons. The number of carbonyl (C=O) groups is 1. The minimum atomic E-state index is -0.156. The molecule has 0 unspecified atom stereocenters. The van der Waals surface area contributed by atoms with Gasteiger partial charge in [0.2, 0.25) is 0 Å². The van der Waals surface area contributed by atoms with Gasteiger partial charge in [-0.3, -0.25) is 14.7 Å². The molecule has 25 heavy (non-hydrogen) atoms. The zero-order valence-electron chi connectivity index (χ0n) is 14.1. The molecule has 3 heterocycles. The minimum Gasteiger partial charge on any atom is -0.459 e. The number of morpholine rings is 1. The van der Waals surface area contributed by atoms with E-state index in [1.807, 2.05) is 12.3 Å². The fraction of sp³-hybridized carbons (Fsp3) is 0.474. The summed E-state index contributed by atoms with van der Waals surface area (Å²) >= 11 is 0. The van der Waals surface area contributed by atoms with Crippen molar-refractivity contribution in [1.29, 1.82) is 0 Å². The van der Waals surface area contributed by atoms with Gasteiger partial charge in [0, 0.05) is 44.0 Å². The topological polar surface area (TPSA) is 67.6 Å². The average Bonchev–Trinajstić information content (AvgIpc) is 3.31. The summed E-state index contributed by atoms with van der Waals surface area (Å²) in [7, 11) is 0. The Morgan fingerprint density at radius 1 is 1.32 bits per heavy atom. The third-order valence-corrected chi connectivity index (χ3v) is 5.21. The average molecular weight is 341 g/mol. The van der Waals surface area contributed by atoms with Crippen molar-refractivity contribution in [2.45, 2.75) is 31.5 Å². The van der Waals surface area contributed by atoms with Crippen molar-refractivity contribution >= 4 is 5.91 Å². The van der Waals surface area contributed by atoms with Gasteiger partial charge in [-0.15, -0.1) is 0 Å². The van der Waals surface area contributed by atoms with E-state index < -0.39 is 0 Å². The van der Waals surface area contributed by atoms with Crippen LogP contribution in [0.4, 0.5) is 0 Å². The fourth-order valence-electron chi connectivity index (χ4n) is 4.00. The summed E-state index contributed by atoms with van der Waals surface area (Å²) < 4.78 is 11.2. The van der Waals surface area contributed by atoms with Gasteiger partial charge in [-0.1, -0.05) is 6.07 Å². The molecule has 2 aromatic rings. The Kier molecular flexibility index (Phi) is 4.81. The maximum absolute atomic E-state index is 12.1. The molecule has 1 aliphatic heterocycles. The van der Waals surface area contributed by atoms with Gasteiger partial charge in [-0.05, 0) is 36.6 Å². The molecule has 2 aliphatic rings. The van der Waals surface area contributed by atoms with Crippen LogP contribution in [0.2, 0.25) is 0 Å². The Balaban J connectivity index is 1.35. The molecule has 0 aromatic carbocycles. The van der Waals surface area contributed by atoms with E-state index >= 15 is 0 Å². The van der Waals surface area contributed by atoms with E-state index in [1.165, 1.54) is 11.8 Å². The van der Waals surface area contributed by atoms with Gasteiger partial charge in [0.05, 0.1) is 19.0 Å². The van der Waals surface area contributed by atoms with E-state index in [0.717, 1.165) is 32.5 Å². The number of furan rings is 1. The van der Waals surface area contributed by atoms with Gasteiger partial charge in [-0.25, -0.2) is 0 Å². The van der Waals surface area contributed by atoms with Gasteiger partial charge < -0.3 is 14.5 Å². The van der Waals surface area contributed by atoms with E-state index in [0.29, 0.717) is 24.3 Å². The van der Waals surface area contributed by atoms with Gasteiger partial charge >= 0.3 is 0 Å². The van der Waals surface area contributed by atoms with E-state index in [4.69, 9.17) is 9.15 Å². The van der Waals surface area contributed by atoms with Crippen molar-refractivity contribution in [3.8, 4) is 0 Å². The summed E-state index contributed by atoms with van der Waals surface area (Å²) in [6, 6.07) is 7.92. The quantitative estimate of drug-likeness (QED) is 0.902. The standard InChI is InChI=1S/C19H23N3O3/c23-19(17-4-2-9-24-17)21-12-15-5-6-16-18(15)25-10-8-22(16)13-14-3-1-7-20-11-14/h1-4,7,9,11,15-16,18H,5-6,8,10,12-13H2,(H,21,23)/t15-,16+,18+/m0/s1.